The molecule has 5 heteroatoms. The van der Waals surface area contributed by atoms with Crippen LogP contribution in [0.5, 0.6) is 0 Å². The van der Waals surface area contributed by atoms with Gasteiger partial charge in [0.15, 0.2) is 0 Å². The summed E-state index contributed by atoms with van der Waals surface area (Å²) >= 11 is 0. The molecule has 0 radical (unpaired) electrons. The zero-order chi connectivity index (χ0) is 11.7. The maximum atomic E-state index is 13.1. The number of nitrogens with zero attached hydrogens (tertiary/aromatic N) is 2. The Morgan fingerprint density at radius 1 is 1.62 bits per heavy atom. The predicted molar refractivity (Wildman–Crippen MR) is 55.8 cm³/mol. The van der Waals surface area contributed by atoms with Crippen molar-refractivity contribution in [3.8, 4) is 0 Å². The van der Waals surface area contributed by atoms with E-state index in [1.165, 1.54) is 22.8 Å². The maximum Gasteiger partial charge on any atom is 0.342 e. The van der Waals surface area contributed by atoms with Crippen LogP contribution in [0.15, 0.2) is 18.3 Å². The molecule has 4 nitrogen and oxygen atoms in total. The highest BCUT2D eigenvalue weighted by molar-refractivity contribution is 5.98. The van der Waals surface area contributed by atoms with Crippen molar-refractivity contribution in [2.24, 2.45) is 0 Å². The first-order chi connectivity index (χ1) is 7.63. The largest absolute Gasteiger partial charge is 0.462 e. The van der Waals surface area contributed by atoms with Crippen molar-refractivity contribution in [1.29, 1.82) is 0 Å². The Kier molecular flexibility index (Phi) is 2.60. The molecule has 84 valence electrons. The maximum absolute atomic E-state index is 13.1. The normalized spacial score (nSPS) is 10.7. The third kappa shape index (κ3) is 1.64. The molecule has 0 aromatic carbocycles. The van der Waals surface area contributed by atoms with Gasteiger partial charge < -0.3 is 4.74 Å². The molecule has 0 atom stereocenters. The number of aromatic nitrogens is 2. The minimum atomic E-state index is -0.472. The number of aryl methyl sites for hydroxylation is 1. The third-order valence-corrected chi connectivity index (χ3v) is 2.25. The molecule has 2 heterocycles. The van der Waals surface area contributed by atoms with Gasteiger partial charge in [-0.05, 0) is 19.9 Å². The molecule has 2 rings (SSSR count). The molecule has 0 aliphatic rings. The summed E-state index contributed by atoms with van der Waals surface area (Å²) in [4.78, 5) is 11.7. The lowest BCUT2D eigenvalue weighted by Crippen LogP contribution is -2.05. The van der Waals surface area contributed by atoms with Gasteiger partial charge in [0.05, 0.1) is 17.8 Å². The van der Waals surface area contributed by atoms with E-state index in [9.17, 15) is 9.18 Å². The van der Waals surface area contributed by atoms with E-state index in [4.69, 9.17) is 4.74 Å². The molecular weight excluding hydrogens is 211 g/mol. The number of ether oxygens (including phenoxy) is 1. The molecule has 2 aromatic heterocycles. The number of esters is 1. The fraction of sp³-hybridized carbons (Fsp3) is 0.273. The van der Waals surface area contributed by atoms with E-state index in [0.717, 1.165) is 0 Å². The molecule has 16 heavy (non-hydrogen) atoms. The standard InChI is InChI=1S/C11H11FN2O2/c1-3-16-11(15)10-7(2)13-14-5-4-8(12)6-9(10)14/h4-6H,3H2,1-2H3. The van der Waals surface area contributed by atoms with Gasteiger partial charge >= 0.3 is 5.97 Å². The van der Waals surface area contributed by atoms with Crippen molar-refractivity contribution in [2.45, 2.75) is 13.8 Å². The summed E-state index contributed by atoms with van der Waals surface area (Å²) in [5, 5.41) is 4.11. The number of hydrogen-bond acceptors (Lipinski definition) is 3. The summed E-state index contributed by atoms with van der Waals surface area (Å²) in [7, 11) is 0. The van der Waals surface area contributed by atoms with Crippen molar-refractivity contribution in [3.63, 3.8) is 0 Å². The number of carbonyl (C=O) groups excluding carboxylic acids is 1. The minimum Gasteiger partial charge on any atom is -0.462 e. The average molecular weight is 222 g/mol. The van der Waals surface area contributed by atoms with Gasteiger partial charge in [-0.25, -0.2) is 13.7 Å². The van der Waals surface area contributed by atoms with Gasteiger partial charge in [-0.15, -0.1) is 0 Å². The number of rotatable bonds is 2. The Morgan fingerprint density at radius 2 is 2.38 bits per heavy atom. The molecule has 0 saturated carbocycles. The van der Waals surface area contributed by atoms with Crippen LogP contribution in [-0.2, 0) is 4.74 Å². The number of hydrogen-bond donors (Lipinski definition) is 0. The molecule has 0 aliphatic carbocycles. The lowest BCUT2D eigenvalue weighted by Gasteiger charge is -2.00. The first kappa shape index (κ1) is 10.6. The molecule has 0 aliphatic heterocycles. The molecule has 0 N–H and O–H groups in total. The SMILES string of the molecule is CCOC(=O)c1c(C)nn2ccc(F)cc12. The van der Waals surface area contributed by atoms with Crippen LogP contribution in [0.4, 0.5) is 4.39 Å². The second-order valence-electron chi connectivity index (χ2n) is 3.36. The van der Waals surface area contributed by atoms with E-state index in [-0.39, 0.29) is 6.61 Å². The second kappa shape index (κ2) is 3.92. The smallest absolute Gasteiger partial charge is 0.342 e. The predicted octanol–water partition coefficient (Wildman–Crippen LogP) is 1.96. The average Bonchev–Trinajstić information content (AvgIpc) is 2.53. The monoisotopic (exact) mass is 222 g/mol. The van der Waals surface area contributed by atoms with Gasteiger partial charge in [0.1, 0.15) is 11.4 Å². The molecule has 0 spiro atoms. The minimum absolute atomic E-state index is 0.283. The summed E-state index contributed by atoms with van der Waals surface area (Å²) in [6.45, 7) is 3.70. The molecule has 0 bridgehead atoms. The van der Waals surface area contributed by atoms with Gasteiger partial charge in [0.2, 0.25) is 0 Å². The van der Waals surface area contributed by atoms with Crippen LogP contribution in [0.3, 0.4) is 0 Å². The summed E-state index contributed by atoms with van der Waals surface area (Å²) in [5.74, 6) is -0.876. The summed E-state index contributed by atoms with van der Waals surface area (Å²) in [5.41, 5.74) is 1.28. The zero-order valence-corrected chi connectivity index (χ0v) is 9.03. The number of fused-ring (bicyclic) bond motifs is 1. The summed E-state index contributed by atoms with van der Waals surface area (Å²) in [6.07, 6.45) is 1.47. The lowest BCUT2D eigenvalue weighted by atomic mass is 10.2. The van der Waals surface area contributed by atoms with Crippen LogP contribution >= 0.6 is 0 Å². The number of pyridine rings is 1. The van der Waals surface area contributed by atoms with Crippen molar-refractivity contribution in [2.75, 3.05) is 6.61 Å². The molecule has 0 fully saturated rings. The highest BCUT2D eigenvalue weighted by atomic mass is 19.1. The zero-order valence-electron chi connectivity index (χ0n) is 9.03. The molecule has 0 amide bonds. The van der Waals surface area contributed by atoms with Crippen molar-refractivity contribution >= 4 is 11.5 Å². The second-order valence-corrected chi connectivity index (χ2v) is 3.36. The molecule has 0 unspecified atom stereocenters. The van der Waals surface area contributed by atoms with Gasteiger partial charge in [0.25, 0.3) is 0 Å². The first-order valence-electron chi connectivity index (χ1n) is 4.95. The van der Waals surface area contributed by atoms with Gasteiger partial charge in [-0.3, -0.25) is 0 Å². The van der Waals surface area contributed by atoms with E-state index in [0.29, 0.717) is 16.8 Å². The van der Waals surface area contributed by atoms with Crippen molar-refractivity contribution < 1.29 is 13.9 Å². The van der Waals surface area contributed by atoms with E-state index >= 15 is 0 Å². The Morgan fingerprint density at radius 3 is 3.06 bits per heavy atom. The quantitative estimate of drug-likeness (QED) is 0.729. The topological polar surface area (TPSA) is 43.6 Å². The highest BCUT2D eigenvalue weighted by Crippen LogP contribution is 2.17. The number of halogens is 1. The summed E-state index contributed by atoms with van der Waals surface area (Å²) in [6, 6.07) is 2.56. The van der Waals surface area contributed by atoms with E-state index in [1.807, 2.05) is 0 Å². The Hall–Kier alpha value is -1.91. The van der Waals surface area contributed by atoms with Gasteiger partial charge in [0, 0.05) is 12.3 Å². The van der Waals surface area contributed by atoms with Crippen LogP contribution in [0.1, 0.15) is 23.0 Å². The highest BCUT2D eigenvalue weighted by Gasteiger charge is 2.18. The van der Waals surface area contributed by atoms with E-state index in [1.54, 1.807) is 13.8 Å². The fourth-order valence-electron chi connectivity index (χ4n) is 1.59. The fourth-order valence-corrected chi connectivity index (χ4v) is 1.59. The summed E-state index contributed by atoms with van der Waals surface area (Å²) < 4.78 is 19.4. The number of carbonyl (C=O) groups is 1. The molecule has 2 aromatic rings. The Balaban J connectivity index is 2.62. The van der Waals surface area contributed by atoms with E-state index in [2.05, 4.69) is 5.10 Å². The van der Waals surface area contributed by atoms with Crippen LogP contribution in [0, 0.1) is 12.7 Å². The molecule has 0 saturated heterocycles. The van der Waals surface area contributed by atoms with Crippen LogP contribution in [0.25, 0.3) is 5.52 Å². The van der Waals surface area contributed by atoms with Crippen LogP contribution < -0.4 is 0 Å². The Labute approximate surface area is 91.6 Å². The van der Waals surface area contributed by atoms with Crippen LogP contribution in [-0.4, -0.2) is 22.2 Å². The first-order valence-corrected chi connectivity index (χ1v) is 4.95. The molecular formula is C11H11FN2O2. The lowest BCUT2D eigenvalue weighted by molar-refractivity contribution is 0.0528. The van der Waals surface area contributed by atoms with E-state index < -0.39 is 11.8 Å². The Bertz CT molecular complexity index is 548. The van der Waals surface area contributed by atoms with Crippen LogP contribution in [0.2, 0.25) is 0 Å². The van der Waals surface area contributed by atoms with Gasteiger partial charge in [-0.2, -0.15) is 5.10 Å². The van der Waals surface area contributed by atoms with Crippen molar-refractivity contribution in [3.05, 3.63) is 35.4 Å². The third-order valence-electron chi connectivity index (χ3n) is 2.25. The van der Waals surface area contributed by atoms with Gasteiger partial charge in [-0.1, -0.05) is 0 Å². The van der Waals surface area contributed by atoms with Crippen molar-refractivity contribution in [1.82, 2.24) is 9.61 Å².